The first-order chi connectivity index (χ1) is 9.02. The van der Waals surface area contributed by atoms with Gasteiger partial charge in [0.05, 0.1) is 6.10 Å². The summed E-state index contributed by atoms with van der Waals surface area (Å²) in [6.45, 7) is 3.01. The molecule has 1 aliphatic rings. The first kappa shape index (κ1) is 14.2. The number of hydrogen-bond acceptors (Lipinski definition) is 3. The first-order valence-electron chi connectivity index (χ1n) is 6.64. The molecule has 1 fully saturated rings. The van der Waals surface area contributed by atoms with E-state index in [9.17, 15) is 13.9 Å². The minimum Gasteiger partial charge on any atom is -0.393 e. The topological polar surface area (TPSA) is 49.5 Å². The Morgan fingerprint density at radius 3 is 2.26 bits per heavy atom. The van der Waals surface area contributed by atoms with Crippen molar-refractivity contribution in [3.63, 3.8) is 0 Å². The highest BCUT2D eigenvalue weighted by molar-refractivity contribution is 5.51. The maximum Gasteiger partial charge on any atom is 0.149 e. The molecule has 5 heteroatoms. The molecule has 1 atom stereocenters. The van der Waals surface area contributed by atoms with E-state index in [-0.39, 0.29) is 24.3 Å². The molecule has 0 spiro atoms. The van der Waals surface area contributed by atoms with Crippen LogP contribution in [0.25, 0.3) is 0 Å². The number of aliphatic hydroxyl groups is 1. The molecule has 106 valence electrons. The molecule has 1 saturated heterocycles. The average molecular weight is 270 g/mol. The van der Waals surface area contributed by atoms with Gasteiger partial charge < -0.3 is 15.7 Å². The second kappa shape index (κ2) is 5.84. The largest absolute Gasteiger partial charge is 0.393 e. The van der Waals surface area contributed by atoms with Gasteiger partial charge in [0.25, 0.3) is 0 Å². The van der Waals surface area contributed by atoms with E-state index in [4.69, 9.17) is 5.73 Å². The molecule has 3 nitrogen and oxygen atoms in total. The SMILES string of the molecule is CC(O)C1CCN(c2c(F)cc(CN)cc2F)CC1. The Labute approximate surface area is 112 Å². The van der Waals surface area contributed by atoms with E-state index in [1.807, 2.05) is 0 Å². The van der Waals surface area contributed by atoms with Gasteiger partial charge in [-0.1, -0.05) is 0 Å². The molecule has 19 heavy (non-hydrogen) atoms. The van der Waals surface area contributed by atoms with Gasteiger partial charge in [-0.3, -0.25) is 0 Å². The number of nitrogens with zero attached hydrogens (tertiary/aromatic N) is 1. The third kappa shape index (κ3) is 3.04. The second-order valence-corrected chi connectivity index (χ2v) is 5.18. The van der Waals surface area contributed by atoms with Gasteiger partial charge in [-0.15, -0.1) is 0 Å². The Kier molecular flexibility index (Phi) is 4.37. The summed E-state index contributed by atoms with van der Waals surface area (Å²) in [5.74, 6) is -0.905. The van der Waals surface area contributed by atoms with E-state index in [0.29, 0.717) is 18.7 Å². The summed E-state index contributed by atoms with van der Waals surface area (Å²) in [5, 5.41) is 9.53. The van der Waals surface area contributed by atoms with Crippen molar-refractivity contribution in [1.82, 2.24) is 0 Å². The van der Waals surface area contributed by atoms with Crippen LogP contribution in [0.3, 0.4) is 0 Å². The highest BCUT2D eigenvalue weighted by Gasteiger charge is 2.26. The predicted octanol–water partition coefficient (Wildman–Crippen LogP) is 2.02. The zero-order valence-corrected chi connectivity index (χ0v) is 11.1. The van der Waals surface area contributed by atoms with Crippen LogP contribution in [-0.4, -0.2) is 24.3 Å². The zero-order chi connectivity index (χ0) is 14.0. The van der Waals surface area contributed by atoms with Crippen molar-refractivity contribution in [2.75, 3.05) is 18.0 Å². The monoisotopic (exact) mass is 270 g/mol. The average Bonchev–Trinajstić information content (AvgIpc) is 2.38. The van der Waals surface area contributed by atoms with Crippen molar-refractivity contribution >= 4 is 5.69 Å². The summed E-state index contributed by atoms with van der Waals surface area (Å²) < 4.78 is 27.9. The molecule has 1 aromatic rings. The third-order valence-corrected chi connectivity index (χ3v) is 3.85. The Hall–Kier alpha value is -1.20. The van der Waals surface area contributed by atoms with Crippen LogP contribution in [0.2, 0.25) is 0 Å². The fraction of sp³-hybridized carbons (Fsp3) is 0.571. The smallest absolute Gasteiger partial charge is 0.149 e. The fourth-order valence-electron chi connectivity index (χ4n) is 2.64. The molecule has 0 aliphatic carbocycles. The molecule has 3 N–H and O–H groups in total. The number of rotatable bonds is 3. The number of aliphatic hydroxyl groups excluding tert-OH is 1. The molecule has 1 aliphatic heterocycles. The minimum absolute atomic E-state index is 0.0289. The first-order valence-corrected chi connectivity index (χ1v) is 6.64. The highest BCUT2D eigenvalue weighted by atomic mass is 19.1. The maximum absolute atomic E-state index is 14.0. The Balaban J connectivity index is 2.15. The summed E-state index contributed by atoms with van der Waals surface area (Å²) in [6, 6.07) is 2.58. The predicted molar refractivity (Wildman–Crippen MR) is 70.9 cm³/mol. The molecular weight excluding hydrogens is 250 g/mol. The lowest BCUT2D eigenvalue weighted by atomic mass is 9.92. The molecule has 1 heterocycles. The quantitative estimate of drug-likeness (QED) is 0.883. The van der Waals surface area contributed by atoms with Crippen LogP contribution >= 0.6 is 0 Å². The number of piperidine rings is 1. The molecule has 0 radical (unpaired) electrons. The number of nitrogens with two attached hydrogens (primary N) is 1. The van der Waals surface area contributed by atoms with Crippen molar-refractivity contribution in [3.8, 4) is 0 Å². The zero-order valence-electron chi connectivity index (χ0n) is 11.1. The van der Waals surface area contributed by atoms with Gasteiger partial charge in [0.1, 0.15) is 17.3 Å². The lowest BCUT2D eigenvalue weighted by molar-refractivity contribution is 0.109. The number of halogens is 2. The number of benzene rings is 1. The summed E-state index contributed by atoms with van der Waals surface area (Å²) >= 11 is 0. The van der Waals surface area contributed by atoms with Crippen molar-refractivity contribution in [2.24, 2.45) is 11.7 Å². The van der Waals surface area contributed by atoms with Crippen molar-refractivity contribution in [1.29, 1.82) is 0 Å². The van der Waals surface area contributed by atoms with Gasteiger partial charge in [-0.25, -0.2) is 8.78 Å². The third-order valence-electron chi connectivity index (χ3n) is 3.85. The van der Waals surface area contributed by atoms with Gasteiger partial charge in [0.2, 0.25) is 0 Å². The molecule has 0 bridgehead atoms. The van der Waals surface area contributed by atoms with Crippen molar-refractivity contribution < 1.29 is 13.9 Å². The maximum atomic E-state index is 14.0. The molecule has 0 amide bonds. The van der Waals surface area contributed by atoms with E-state index < -0.39 is 11.6 Å². The Morgan fingerprint density at radius 2 is 1.84 bits per heavy atom. The Bertz CT molecular complexity index is 420. The summed E-state index contributed by atoms with van der Waals surface area (Å²) in [7, 11) is 0. The minimum atomic E-state index is -0.559. The van der Waals surface area contributed by atoms with E-state index in [2.05, 4.69) is 0 Å². The molecule has 1 unspecified atom stereocenters. The summed E-state index contributed by atoms with van der Waals surface area (Å²) in [4.78, 5) is 1.71. The van der Waals surface area contributed by atoms with Crippen LogP contribution in [-0.2, 0) is 6.54 Å². The van der Waals surface area contributed by atoms with Crippen LogP contribution < -0.4 is 10.6 Å². The van der Waals surface area contributed by atoms with Gasteiger partial charge in [-0.05, 0) is 43.4 Å². The molecule has 0 saturated carbocycles. The van der Waals surface area contributed by atoms with E-state index >= 15 is 0 Å². The van der Waals surface area contributed by atoms with Crippen LogP contribution in [0.15, 0.2) is 12.1 Å². The van der Waals surface area contributed by atoms with Gasteiger partial charge in [0.15, 0.2) is 0 Å². The number of anilines is 1. The van der Waals surface area contributed by atoms with Crippen molar-refractivity contribution in [3.05, 3.63) is 29.3 Å². The van der Waals surface area contributed by atoms with Gasteiger partial charge in [0, 0.05) is 19.6 Å². The van der Waals surface area contributed by atoms with Crippen molar-refractivity contribution in [2.45, 2.75) is 32.4 Å². The van der Waals surface area contributed by atoms with Crippen LogP contribution in [0.4, 0.5) is 14.5 Å². The Morgan fingerprint density at radius 1 is 1.32 bits per heavy atom. The standard InChI is InChI=1S/C14H20F2N2O/c1-9(19)11-2-4-18(5-3-11)14-12(15)6-10(8-17)7-13(14)16/h6-7,9,11,19H,2-5,8,17H2,1H3. The molecule has 0 aromatic heterocycles. The lowest BCUT2D eigenvalue weighted by Gasteiger charge is -2.35. The normalized spacial score (nSPS) is 18.7. The van der Waals surface area contributed by atoms with E-state index in [0.717, 1.165) is 12.8 Å². The fourth-order valence-corrected chi connectivity index (χ4v) is 2.64. The molecule has 1 aromatic carbocycles. The summed E-state index contributed by atoms with van der Waals surface area (Å²) in [6.07, 6.45) is 1.13. The van der Waals surface area contributed by atoms with Crippen LogP contribution in [0.5, 0.6) is 0 Å². The van der Waals surface area contributed by atoms with Crippen LogP contribution in [0, 0.1) is 17.6 Å². The molecule has 2 rings (SSSR count). The molecular formula is C14H20F2N2O. The lowest BCUT2D eigenvalue weighted by Crippen LogP contribution is -2.38. The van der Waals surface area contributed by atoms with E-state index in [1.54, 1.807) is 11.8 Å². The number of hydrogen-bond donors (Lipinski definition) is 2. The highest BCUT2D eigenvalue weighted by Crippen LogP contribution is 2.30. The second-order valence-electron chi connectivity index (χ2n) is 5.18. The van der Waals surface area contributed by atoms with Crippen LogP contribution in [0.1, 0.15) is 25.3 Å². The van der Waals surface area contributed by atoms with Gasteiger partial charge >= 0.3 is 0 Å². The van der Waals surface area contributed by atoms with Gasteiger partial charge in [-0.2, -0.15) is 0 Å². The summed E-state index contributed by atoms with van der Waals surface area (Å²) in [5.41, 5.74) is 5.88. The van der Waals surface area contributed by atoms with E-state index in [1.165, 1.54) is 12.1 Å².